The number of carbonyl (C=O) groups excluding carboxylic acids is 1. The minimum atomic E-state index is -3.43. The summed E-state index contributed by atoms with van der Waals surface area (Å²) in [5.74, 6) is -3.26. The van der Waals surface area contributed by atoms with Crippen molar-refractivity contribution in [3.05, 3.63) is 47.9 Å². The summed E-state index contributed by atoms with van der Waals surface area (Å²) in [4.78, 5) is 12.8. The molecule has 2 aromatic rings. The zero-order chi connectivity index (χ0) is 15.3. The van der Waals surface area contributed by atoms with Crippen molar-refractivity contribution in [2.45, 2.75) is 18.5 Å². The quantitative estimate of drug-likeness (QED) is 0.818. The standard InChI is InChI=1S/C15H11F2NO4/c16-15(17)13(9-3-4-11-12(6-9)22-8-21-11)18(14(15)19)7-10-2-1-5-20-10/h1-6,13H,7-8H2/t13-/m1/s1. The molecule has 0 unspecified atom stereocenters. The summed E-state index contributed by atoms with van der Waals surface area (Å²) < 4.78 is 43.5. The van der Waals surface area contributed by atoms with E-state index in [0.717, 1.165) is 4.90 Å². The van der Waals surface area contributed by atoms with Crippen molar-refractivity contribution in [3.8, 4) is 11.5 Å². The van der Waals surface area contributed by atoms with E-state index in [1.807, 2.05) is 0 Å². The van der Waals surface area contributed by atoms with Gasteiger partial charge in [-0.3, -0.25) is 4.79 Å². The fourth-order valence-electron chi connectivity index (χ4n) is 2.76. The van der Waals surface area contributed by atoms with Gasteiger partial charge in [-0.15, -0.1) is 0 Å². The third-order valence-electron chi connectivity index (χ3n) is 3.82. The first-order valence-electron chi connectivity index (χ1n) is 6.68. The number of amides is 1. The molecule has 1 saturated heterocycles. The number of β-lactam (4-membered cyclic amide) rings is 1. The number of likely N-dealkylation sites (tertiary alicyclic amines) is 1. The number of ether oxygens (including phenoxy) is 2. The highest BCUT2D eigenvalue weighted by atomic mass is 19.3. The lowest BCUT2D eigenvalue weighted by Crippen LogP contribution is -2.63. The van der Waals surface area contributed by atoms with Gasteiger partial charge in [0.1, 0.15) is 11.8 Å². The average Bonchev–Trinajstić information content (AvgIpc) is 3.16. The number of rotatable bonds is 3. The van der Waals surface area contributed by atoms with Crippen LogP contribution in [0, 0.1) is 0 Å². The fourth-order valence-corrected chi connectivity index (χ4v) is 2.76. The Bertz CT molecular complexity index is 729. The summed E-state index contributed by atoms with van der Waals surface area (Å²) in [5.41, 5.74) is 0.306. The van der Waals surface area contributed by atoms with Gasteiger partial charge in [0.2, 0.25) is 6.79 Å². The summed E-state index contributed by atoms with van der Waals surface area (Å²) in [6, 6.07) is 6.53. The van der Waals surface area contributed by atoms with Crippen molar-refractivity contribution in [2.24, 2.45) is 0 Å². The van der Waals surface area contributed by atoms with E-state index in [1.165, 1.54) is 18.4 Å². The number of furan rings is 1. The monoisotopic (exact) mass is 307 g/mol. The van der Waals surface area contributed by atoms with Gasteiger partial charge in [0.15, 0.2) is 11.5 Å². The van der Waals surface area contributed by atoms with Gasteiger partial charge >= 0.3 is 5.92 Å². The number of nitrogens with zero attached hydrogens (tertiary/aromatic N) is 1. The van der Waals surface area contributed by atoms with E-state index in [4.69, 9.17) is 13.9 Å². The van der Waals surface area contributed by atoms with E-state index in [-0.39, 0.29) is 13.3 Å². The molecule has 22 heavy (non-hydrogen) atoms. The van der Waals surface area contributed by atoms with Crippen molar-refractivity contribution in [2.75, 3.05) is 6.79 Å². The number of hydrogen-bond acceptors (Lipinski definition) is 4. The zero-order valence-electron chi connectivity index (χ0n) is 11.3. The number of benzene rings is 1. The number of halogens is 2. The SMILES string of the molecule is O=C1N(Cc2ccco2)[C@H](c2ccc3c(c2)OCO3)C1(F)F. The molecule has 1 aromatic carbocycles. The molecule has 1 atom stereocenters. The molecule has 7 heteroatoms. The van der Waals surface area contributed by atoms with Crippen LogP contribution in [0.2, 0.25) is 0 Å². The molecule has 4 rings (SSSR count). The first kappa shape index (κ1) is 13.1. The zero-order valence-corrected chi connectivity index (χ0v) is 11.3. The average molecular weight is 307 g/mol. The van der Waals surface area contributed by atoms with E-state index in [2.05, 4.69) is 0 Å². The van der Waals surface area contributed by atoms with Crippen LogP contribution < -0.4 is 9.47 Å². The molecular weight excluding hydrogens is 296 g/mol. The predicted octanol–water partition coefficient (Wildman–Crippen LogP) is 2.73. The minimum Gasteiger partial charge on any atom is -0.467 e. The Labute approximate surface area is 124 Å². The van der Waals surface area contributed by atoms with Gasteiger partial charge in [-0.2, -0.15) is 8.78 Å². The molecule has 0 saturated carbocycles. The van der Waals surface area contributed by atoms with Crippen molar-refractivity contribution in [3.63, 3.8) is 0 Å². The van der Waals surface area contributed by atoms with Gasteiger partial charge < -0.3 is 18.8 Å². The molecule has 1 aromatic heterocycles. The van der Waals surface area contributed by atoms with Crippen LogP contribution in [0.4, 0.5) is 8.78 Å². The molecule has 2 aliphatic rings. The fraction of sp³-hybridized carbons (Fsp3) is 0.267. The summed E-state index contributed by atoms with van der Waals surface area (Å²) in [5, 5.41) is 0. The van der Waals surface area contributed by atoms with Crippen LogP contribution in [-0.2, 0) is 11.3 Å². The molecule has 0 N–H and O–H groups in total. The lowest BCUT2D eigenvalue weighted by Gasteiger charge is -2.46. The van der Waals surface area contributed by atoms with E-state index in [0.29, 0.717) is 22.8 Å². The van der Waals surface area contributed by atoms with Crippen molar-refractivity contribution >= 4 is 5.91 Å². The Morgan fingerprint density at radius 2 is 2.05 bits per heavy atom. The second-order valence-electron chi connectivity index (χ2n) is 5.15. The Kier molecular flexibility index (Phi) is 2.66. The smallest absolute Gasteiger partial charge is 0.348 e. The molecule has 3 heterocycles. The molecular formula is C15H11F2NO4. The Morgan fingerprint density at radius 1 is 1.23 bits per heavy atom. The van der Waals surface area contributed by atoms with Crippen LogP contribution in [0.5, 0.6) is 11.5 Å². The number of fused-ring (bicyclic) bond motifs is 1. The van der Waals surface area contributed by atoms with Crippen LogP contribution in [0.3, 0.4) is 0 Å². The molecule has 114 valence electrons. The first-order chi connectivity index (χ1) is 10.6. The van der Waals surface area contributed by atoms with Crippen molar-refractivity contribution < 1.29 is 27.5 Å². The summed E-state index contributed by atoms with van der Waals surface area (Å²) in [6.07, 6.45) is 1.44. The Hall–Kier alpha value is -2.57. The van der Waals surface area contributed by atoms with E-state index in [9.17, 15) is 13.6 Å². The maximum atomic E-state index is 14.0. The predicted molar refractivity (Wildman–Crippen MR) is 69.5 cm³/mol. The van der Waals surface area contributed by atoms with Crippen molar-refractivity contribution in [1.82, 2.24) is 4.90 Å². The number of carbonyl (C=O) groups is 1. The molecule has 0 bridgehead atoms. The van der Waals surface area contributed by atoms with E-state index >= 15 is 0 Å². The largest absolute Gasteiger partial charge is 0.467 e. The van der Waals surface area contributed by atoms with Gasteiger partial charge in [-0.25, -0.2) is 0 Å². The molecule has 0 aliphatic carbocycles. The molecule has 1 amide bonds. The van der Waals surface area contributed by atoms with Gasteiger partial charge in [0.25, 0.3) is 5.91 Å². The highest BCUT2D eigenvalue weighted by Crippen LogP contribution is 2.49. The van der Waals surface area contributed by atoms with Crippen LogP contribution in [0.25, 0.3) is 0 Å². The Morgan fingerprint density at radius 3 is 2.82 bits per heavy atom. The van der Waals surface area contributed by atoms with Gasteiger partial charge in [-0.05, 0) is 29.8 Å². The molecule has 1 fully saturated rings. The van der Waals surface area contributed by atoms with Gasteiger partial charge in [-0.1, -0.05) is 6.07 Å². The Balaban J connectivity index is 1.66. The van der Waals surface area contributed by atoms with Gasteiger partial charge in [0.05, 0.1) is 12.8 Å². The topological polar surface area (TPSA) is 51.9 Å². The minimum absolute atomic E-state index is 0.000528. The molecule has 2 aliphatic heterocycles. The third-order valence-corrected chi connectivity index (χ3v) is 3.82. The van der Waals surface area contributed by atoms with Crippen LogP contribution in [-0.4, -0.2) is 23.5 Å². The third kappa shape index (κ3) is 1.78. The summed E-state index contributed by atoms with van der Waals surface area (Å²) in [6.45, 7) is 0.0649. The van der Waals surface area contributed by atoms with E-state index < -0.39 is 17.9 Å². The maximum Gasteiger partial charge on any atom is 0.348 e. The highest BCUT2D eigenvalue weighted by molar-refractivity contribution is 5.91. The molecule has 0 spiro atoms. The van der Waals surface area contributed by atoms with E-state index in [1.54, 1.807) is 18.2 Å². The lowest BCUT2D eigenvalue weighted by atomic mass is 9.89. The second kappa shape index (κ2) is 4.46. The van der Waals surface area contributed by atoms with Gasteiger partial charge in [0, 0.05) is 0 Å². The van der Waals surface area contributed by atoms with Crippen LogP contribution in [0.15, 0.2) is 41.0 Å². The van der Waals surface area contributed by atoms with Crippen molar-refractivity contribution in [1.29, 1.82) is 0 Å². The maximum absolute atomic E-state index is 14.0. The highest BCUT2D eigenvalue weighted by Gasteiger charge is 2.64. The molecule has 5 nitrogen and oxygen atoms in total. The first-order valence-corrected chi connectivity index (χ1v) is 6.68. The molecule has 0 radical (unpaired) electrons. The summed E-state index contributed by atoms with van der Waals surface area (Å²) in [7, 11) is 0. The van der Waals surface area contributed by atoms with Crippen LogP contribution in [0.1, 0.15) is 17.4 Å². The number of alkyl halides is 2. The second-order valence-corrected chi connectivity index (χ2v) is 5.15. The van der Waals surface area contributed by atoms with Crippen LogP contribution >= 0.6 is 0 Å². The summed E-state index contributed by atoms with van der Waals surface area (Å²) >= 11 is 0. The number of hydrogen-bond donors (Lipinski definition) is 0. The lowest BCUT2D eigenvalue weighted by molar-refractivity contribution is -0.208. The normalized spacial score (nSPS) is 21.8.